The minimum absolute atomic E-state index is 0.656. The fraction of sp³-hybridized carbons (Fsp3) is 0.500. The Morgan fingerprint density at radius 1 is 1.11 bits per heavy atom. The number of benzene rings is 1. The van der Waals surface area contributed by atoms with Gasteiger partial charge in [0.05, 0.1) is 24.8 Å². The maximum atomic E-state index is 8.67. The van der Waals surface area contributed by atoms with Gasteiger partial charge in [0.2, 0.25) is 0 Å². The van der Waals surface area contributed by atoms with E-state index in [1.165, 1.54) is 0 Å². The molecule has 0 atom stereocenters. The summed E-state index contributed by atoms with van der Waals surface area (Å²) in [6, 6.07) is 9.58. The second-order valence-electron chi connectivity index (χ2n) is 3.93. The van der Waals surface area contributed by atoms with E-state index in [4.69, 9.17) is 14.7 Å². The molecule has 4 nitrogen and oxygen atoms in total. The molecule has 4 heteroatoms. The van der Waals surface area contributed by atoms with Gasteiger partial charge in [0, 0.05) is 25.9 Å². The van der Waals surface area contributed by atoms with Crippen molar-refractivity contribution < 1.29 is 9.47 Å². The molecule has 0 unspecified atom stereocenters. The minimum atomic E-state index is 0.656. The molecule has 98 valence electrons. The standard InChI is InChI=1S/C14H20N2O2/c1-17-10-11-18-9-3-2-8-16-14-6-4-13(12-15)5-7-14/h4-7,16H,2-3,8-11H2,1H3. The Balaban J connectivity index is 2.02. The molecular weight excluding hydrogens is 228 g/mol. The summed E-state index contributed by atoms with van der Waals surface area (Å²) in [7, 11) is 1.67. The number of nitrogens with one attached hydrogen (secondary N) is 1. The smallest absolute Gasteiger partial charge is 0.0991 e. The van der Waals surface area contributed by atoms with Crippen molar-refractivity contribution in [3.05, 3.63) is 29.8 Å². The van der Waals surface area contributed by atoms with Crippen LogP contribution in [-0.2, 0) is 9.47 Å². The number of nitrogens with zero attached hydrogens (tertiary/aromatic N) is 1. The van der Waals surface area contributed by atoms with Gasteiger partial charge in [-0.25, -0.2) is 0 Å². The lowest BCUT2D eigenvalue weighted by Gasteiger charge is -2.06. The SMILES string of the molecule is COCCOCCCCNc1ccc(C#N)cc1. The summed E-state index contributed by atoms with van der Waals surface area (Å²) in [5.41, 5.74) is 1.74. The molecule has 0 saturated carbocycles. The quantitative estimate of drug-likeness (QED) is 0.682. The molecule has 0 aliphatic heterocycles. The summed E-state index contributed by atoms with van der Waals surface area (Å²) in [6.07, 6.45) is 2.10. The molecule has 0 aliphatic rings. The Labute approximate surface area is 109 Å². The Hall–Kier alpha value is -1.57. The van der Waals surface area contributed by atoms with E-state index >= 15 is 0 Å². The van der Waals surface area contributed by atoms with E-state index in [2.05, 4.69) is 11.4 Å². The number of nitriles is 1. The van der Waals surface area contributed by atoms with Crippen molar-refractivity contribution in [1.29, 1.82) is 5.26 Å². The number of unbranched alkanes of at least 4 members (excludes halogenated alkanes) is 1. The van der Waals surface area contributed by atoms with Crippen LogP contribution in [-0.4, -0.2) is 33.5 Å². The van der Waals surface area contributed by atoms with Gasteiger partial charge in [-0.3, -0.25) is 0 Å². The van der Waals surface area contributed by atoms with E-state index in [1.807, 2.05) is 24.3 Å². The Kier molecular flexibility index (Phi) is 7.61. The van der Waals surface area contributed by atoms with Gasteiger partial charge in [0.25, 0.3) is 0 Å². The summed E-state index contributed by atoms with van der Waals surface area (Å²) in [4.78, 5) is 0. The highest BCUT2D eigenvalue weighted by atomic mass is 16.5. The van der Waals surface area contributed by atoms with Crippen molar-refractivity contribution in [1.82, 2.24) is 0 Å². The first-order valence-corrected chi connectivity index (χ1v) is 6.17. The van der Waals surface area contributed by atoms with Crippen molar-refractivity contribution in [2.75, 3.05) is 38.8 Å². The number of ether oxygens (including phenoxy) is 2. The largest absolute Gasteiger partial charge is 0.385 e. The normalized spacial score (nSPS) is 10.0. The topological polar surface area (TPSA) is 54.3 Å². The van der Waals surface area contributed by atoms with E-state index in [0.29, 0.717) is 18.8 Å². The average molecular weight is 248 g/mol. The summed E-state index contributed by atoms with van der Waals surface area (Å²) in [6.45, 7) is 3.01. The molecule has 0 saturated heterocycles. The van der Waals surface area contributed by atoms with Crippen LogP contribution >= 0.6 is 0 Å². The molecule has 0 heterocycles. The van der Waals surface area contributed by atoms with Gasteiger partial charge in [-0.15, -0.1) is 0 Å². The van der Waals surface area contributed by atoms with Gasteiger partial charge in [-0.05, 0) is 37.1 Å². The molecule has 1 aromatic rings. The maximum Gasteiger partial charge on any atom is 0.0991 e. The molecule has 0 bridgehead atoms. The predicted octanol–water partition coefficient (Wildman–Crippen LogP) is 2.41. The van der Waals surface area contributed by atoms with Gasteiger partial charge in [-0.2, -0.15) is 5.26 Å². The Morgan fingerprint density at radius 2 is 1.89 bits per heavy atom. The van der Waals surface area contributed by atoms with Gasteiger partial charge in [-0.1, -0.05) is 0 Å². The van der Waals surface area contributed by atoms with Crippen LogP contribution in [0.1, 0.15) is 18.4 Å². The molecular formula is C14H20N2O2. The predicted molar refractivity (Wildman–Crippen MR) is 71.6 cm³/mol. The second kappa shape index (κ2) is 9.46. The van der Waals surface area contributed by atoms with Gasteiger partial charge < -0.3 is 14.8 Å². The highest BCUT2D eigenvalue weighted by molar-refractivity contribution is 5.46. The van der Waals surface area contributed by atoms with Crippen LogP contribution in [0.5, 0.6) is 0 Å². The summed E-state index contributed by atoms with van der Waals surface area (Å²) < 4.78 is 10.3. The van der Waals surface area contributed by atoms with Gasteiger partial charge >= 0.3 is 0 Å². The monoisotopic (exact) mass is 248 g/mol. The molecule has 1 rings (SSSR count). The molecule has 18 heavy (non-hydrogen) atoms. The highest BCUT2D eigenvalue weighted by Crippen LogP contribution is 2.08. The third-order valence-electron chi connectivity index (χ3n) is 2.49. The third-order valence-corrected chi connectivity index (χ3v) is 2.49. The number of anilines is 1. The van der Waals surface area contributed by atoms with Crippen LogP contribution < -0.4 is 5.32 Å². The zero-order valence-corrected chi connectivity index (χ0v) is 10.8. The number of rotatable bonds is 9. The molecule has 0 amide bonds. The van der Waals surface area contributed by atoms with Crippen molar-refractivity contribution >= 4 is 5.69 Å². The molecule has 1 aromatic carbocycles. The number of hydrogen-bond donors (Lipinski definition) is 1. The van der Waals surface area contributed by atoms with Crippen molar-refractivity contribution in [3.8, 4) is 6.07 Å². The zero-order chi connectivity index (χ0) is 13.1. The molecule has 0 spiro atoms. The van der Waals surface area contributed by atoms with Crippen molar-refractivity contribution in [2.45, 2.75) is 12.8 Å². The number of methoxy groups -OCH3 is 1. The molecule has 1 N–H and O–H groups in total. The van der Waals surface area contributed by atoms with Gasteiger partial charge in [0.15, 0.2) is 0 Å². The molecule has 0 aliphatic carbocycles. The second-order valence-corrected chi connectivity index (χ2v) is 3.93. The summed E-state index contributed by atoms with van der Waals surface area (Å²) >= 11 is 0. The van der Waals surface area contributed by atoms with Crippen LogP contribution in [0.15, 0.2) is 24.3 Å². The first kappa shape index (κ1) is 14.5. The summed E-state index contributed by atoms with van der Waals surface area (Å²) in [5.74, 6) is 0. The van der Waals surface area contributed by atoms with Crippen molar-refractivity contribution in [3.63, 3.8) is 0 Å². The Morgan fingerprint density at radius 3 is 2.56 bits per heavy atom. The minimum Gasteiger partial charge on any atom is -0.385 e. The van der Waals surface area contributed by atoms with Crippen molar-refractivity contribution in [2.24, 2.45) is 0 Å². The average Bonchev–Trinajstić information content (AvgIpc) is 2.42. The highest BCUT2D eigenvalue weighted by Gasteiger charge is 1.93. The van der Waals surface area contributed by atoms with Crippen LogP contribution in [0.2, 0.25) is 0 Å². The fourth-order valence-electron chi connectivity index (χ4n) is 1.47. The fourth-order valence-corrected chi connectivity index (χ4v) is 1.47. The lowest BCUT2D eigenvalue weighted by atomic mass is 10.2. The van der Waals surface area contributed by atoms with Crippen LogP contribution in [0.4, 0.5) is 5.69 Å². The first-order chi connectivity index (χ1) is 8.86. The van der Waals surface area contributed by atoms with Gasteiger partial charge in [0.1, 0.15) is 0 Å². The lowest BCUT2D eigenvalue weighted by Crippen LogP contribution is -2.06. The van der Waals surface area contributed by atoms with E-state index in [9.17, 15) is 0 Å². The number of hydrogen-bond acceptors (Lipinski definition) is 4. The zero-order valence-electron chi connectivity index (χ0n) is 10.8. The van der Waals surface area contributed by atoms with E-state index < -0.39 is 0 Å². The van der Waals surface area contributed by atoms with Crippen LogP contribution in [0.3, 0.4) is 0 Å². The Bertz CT molecular complexity index is 357. The molecule has 0 aromatic heterocycles. The molecule has 0 radical (unpaired) electrons. The molecule has 0 fully saturated rings. The van der Waals surface area contributed by atoms with E-state index in [-0.39, 0.29) is 0 Å². The van der Waals surface area contributed by atoms with Crippen LogP contribution in [0.25, 0.3) is 0 Å². The first-order valence-electron chi connectivity index (χ1n) is 6.17. The van der Waals surface area contributed by atoms with E-state index in [0.717, 1.165) is 31.7 Å². The lowest BCUT2D eigenvalue weighted by molar-refractivity contribution is 0.0691. The van der Waals surface area contributed by atoms with E-state index in [1.54, 1.807) is 7.11 Å². The third kappa shape index (κ3) is 6.24. The maximum absolute atomic E-state index is 8.67. The summed E-state index contributed by atoms with van der Waals surface area (Å²) in [5, 5.41) is 12.0. The van der Waals surface area contributed by atoms with Crippen LogP contribution in [0, 0.1) is 11.3 Å².